The highest BCUT2D eigenvalue weighted by Crippen LogP contribution is 2.49. The first-order chi connectivity index (χ1) is 15.4. The number of halogens is 2. The Morgan fingerprint density at radius 3 is 2.62 bits per heavy atom. The minimum Gasteiger partial charge on any atom is -0.493 e. The van der Waals surface area contributed by atoms with Gasteiger partial charge in [0.15, 0.2) is 11.5 Å². The summed E-state index contributed by atoms with van der Waals surface area (Å²) in [6.45, 7) is 0.965. The van der Waals surface area contributed by atoms with E-state index in [1.54, 1.807) is 14.2 Å². The summed E-state index contributed by atoms with van der Waals surface area (Å²) in [5.74, 6) is 0.136. The van der Waals surface area contributed by atoms with E-state index in [-0.39, 0.29) is 23.2 Å². The van der Waals surface area contributed by atoms with Crippen LogP contribution >= 0.6 is 0 Å². The van der Waals surface area contributed by atoms with Crippen molar-refractivity contribution in [1.82, 2.24) is 10.2 Å². The van der Waals surface area contributed by atoms with E-state index in [9.17, 15) is 13.6 Å². The van der Waals surface area contributed by atoms with Crippen LogP contribution < -0.4 is 20.1 Å². The molecule has 1 saturated heterocycles. The van der Waals surface area contributed by atoms with Crippen molar-refractivity contribution in [1.29, 1.82) is 0 Å². The fourth-order valence-corrected chi connectivity index (χ4v) is 5.33. The van der Waals surface area contributed by atoms with Crippen molar-refractivity contribution in [2.45, 2.75) is 43.2 Å². The molecule has 2 fully saturated rings. The Bertz CT molecular complexity index is 1000. The first-order valence-electron chi connectivity index (χ1n) is 10.8. The van der Waals surface area contributed by atoms with Crippen LogP contribution in [0.2, 0.25) is 0 Å². The van der Waals surface area contributed by atoms with Gasteiger partial charge in [-0.2, -0.15) is 0 Å². The van der Waals surface area contributed by atoms with Gasteiger partial charge in [0, 0.05) is 23.6 Å². The molecular weight excluding hydrogens is 416 g/mol. The monoisotopic (exact) mass is 445 g/mol. The average molecular weight is 446 g/mol. The number of hydrogen-bond donors (Lipinski definition) is 2. The number of benzene rings is 2. The molecule has 4 rings (SSSR count). The summed E-state index contributed by atoms with van der Waals surface area (Å²) in [6, 6.07) is 8.76. The van der Waals surface area contributed by atoms with E-state index in [4.69, 9.17) is 9.47 Å². The molecule has 2 aromatic carbocycles. The molecular formula is C24H29F2N3O3. The number of nitrogens with zero attached hydrogens (tertiary/aromatic N) is 1. The number of rotatable bonds is 5. The second-order valence-corrected chi connectivity index (χ2v) is 8.67. The Kier molecular flexibility index (Phi) is 6.24. The standard InChI is InChI=1S/C24H29F2N3O3/c1-29-11-10-24(15-4-7-20(31-2)21(12-15)32-3)9-8-17(14-22(24)29)27-23(30)28-19-13-16(25)5-6-18(19)26/h4-7,12-13,17,22H,8-11,14H2,1-3H3,(H2,27,28,30)/t17-,22+,24+/m0/s1. The number of methoxy groups -OCH3 is 2. The van der Waals surface area contributed by atoms with Crippen LogP contribution in [-0.2, 0) is 5.41 Å². The highest BCUT2D eigenvalue weighted by molar-refractivity contribution is 5.89. The van der Waals surface area contributed by atoms with E-state index < -0.39 is 17.7 Å². The van der Waals surface area contributed by atoms with Crippen molar-refractivity contribution < 1.29 is 23.0 Å². The van der Waals surface area contributed by atoms with Gasteiger partial charge in [0.1, 0.15) is 11.6 Å². The fourth-order valence-electron chi connectivity index (χ4n) is 5.33. The highest BCUT2D eigenvalue weighted by atomic mass is 19.1. The molecule has 0 aromatic heterocycles. The molecule has 2 aliphatic rings. The first-order valence-corrected chi connectivity index (χ1v) is 10.8. The van der Waals surface area contributed by atoms with Crippen LogP contribution in [0.15, 0.2) is 36.4 Å². The SMILES string of the molecule is COc1ccc([C@]23CC[C@H](NC(=O)Nc4cc(F)ccc4F)C[C@H]2N(C)CC3)cc1OC. The van der Waals surface area contributed by atoms with Crippen molar-refractivity contribution in [3.63, 3.8) is 0 Å². The molecule has 0 spiro atoms. The van der Waals surface area contributed by atoms with Gasteiger partial charge >= 0.3 is 6.03 Å². The summed E-state index contributed by atoms with van der Waals surface area (Å²) in [5.41, 5.74) is 1.02. The van der Waals surface area contributed by atoms with E-state index in [2.05, 4.69) is 34.7 Å². The number of hydrogen-bond acceptors (Lipinski definition) is 4. The summed E-state index contributed by atoms with van der Waals surface area (Å²) in [6.07, 6.45) is 3.48. The molecule has 172 valence electrons. The molecule has 2 amide bonds. The van der Waals surface area contributed by atoms with Crippen molar-refractivity contribution in [3.05, 3.63) is 53.6 Å². The van der Waals surface area contributed by atoms with Crippen LogP contribution in [-0.4, -0.2) is 50.8 Å². The van der Waals surface area contributed by atoms with Gasteiger partial charge in [-0.05, 0) is 69.1 Å². The molecule has 2 aromatic rings. The maximum atomic E-state index is 13.9. The number of carbonyl (C=O) groups excluding carboxylic acids is 1. The second kappa shape index (κ2) is 8.94. The lowest BCUT2D eigenvalue weighted by molar-refractivity contribution is 0.156. The number of likely N-dealkylation sites (tertiary alicyclic amines) is 1. The fraction of sp³-hybridized carbons (Fsp3) is 0.458. The molecule has 1 heterocycles. The quantitative estimate of drug-likeness (QED) is 0.721. The Hall–Kier alpha value is -2.87. The van der Waals surface area contributed by atoms with Crippen molar-refractivity contribution >= 4 is 11.7 Å². The third-order valence-corrected chi connectivity index (χ3v) is 7.00. The summed E-state index contributed by atoms with van der Waals surface area (Å²) in [4.78, 5) is 14.8. The zero-order chi connectivity index (χ0) is 22.9. The van der Waals surface area contributed by atoms with Crippen LogP contribution in [0.1, 0.15) is 31.2 Å². The number of fused-ring (bicyclic) bond motifs is 1. The first kappa shape index (κ1) is 22.3. The molecule has 32 heavy (non-hydrogen) atoms. The molecule has 3 atom stereocenters. The predicted molar refractivity (Wildman–Crippen MR) is 118 cm³/mol. The van der Waals surface area contributed by atoms with Crippen LogP contribution in [0.5, 0.6) is 11.5 Å². The molecule has 1 saturated carbocycles. The third-order valence-electron chi connectivity index (χ3n) is 7.00. The maximum Gasteiger partial charge on any atom is 0.319 e. The Morgan fingerprint density at radius 2 is 1.88 bits per heavy atom. The van der Waals surface area contributed by atoms with Crippen LogP contribution in [0.4, 0.5) is 19.3 Å². The summed E-state index contributed by atoms with van der Waals surface area (Å²) < 4.78 is 38.2. The molecule has 2 N–H and O–H groups in total. The number of carbonyl (C=O) groups is 1. The zero-order valence-electron chi connectivity index (χ0n) is 18.6. The molecule has 1 aliphatic heterocycles. The van der Waals surface area contributed by atoms with E-state index in [1.807, 2.05) is 6.07 Å². The number of amides is 2. The minimum absolute atomic E-state index is 0.0301. The van der Waals surface area contributed by atoms with Crippen molar-refractivity contribution in [3.8, 4) is 11.5 Å². The number of nitrogens with one attached hydrogen (secondary N) is 2. The van der Waals surface area contributed by atoms with E-state index in [0.29, 0.717) is 11.5 Å². The van der Waals surface area contributed by atoms with Crippen molar-refractivity contribution in [2.75, 3.05) is 33.1 Å². The van der Waals surface area contributed by atoms with Gasteiger partial charge in [0.2, 0.25) is 0 Å². The summed E-state index contributed by atoms with van der Waals surface area (Å²) >= 11 is 0. The number of urea groups is 1. The second-order valence-electron chi connectivity index (χ2n) is 8.67. The number of likely N-dealkylation sites (N-methyl/N-ethyl adjacent to an activating group) is 1. The molecule has 1 aliphatic carbocycles. The Balaban J connectivity index is 1.49. The van der Waals surface area contributed by atoms with Gasteiger partial charge in [-0.1, -0.05) is 6.07 Å². The van der Waals surface area contributed by atoms with E-state index >= 15 is 0 Å². The minimum atomic E-state index is -0.673. The van der Waals surface area contributed by atoms with Gasteiger partial charge in [-0.15, -0.1) is 0 Å². The Morgan fingerprint density at radius 1 is 1.09 bits per heavy atom. The van der Waals surface area contributed by atoms with Gasteiger partial charge in [-0.3, -0.25) is 0 Å². The lowest BCUT2D eigenvalue weighted by Gasteiger charge is -2.45. The van der Waals surface area contributed by atoms with Crippen LogP contribution in [0.25, 0.3) is 0 Å². The molecule has 0 radical (unpaired) electrons. The number of ether oxygens (including phenoxy) is 2. The largest absolute Gasteiger partial charge is 0.493 e. The van der Waals surface area contributed by atoms with Gasteiger partial charge in [0.25, 0.3) is 0 Å². The van der Waals surface area contributed by atoms with Gasteiger partial charge < -0.3 is 25.0 Å². The number of anilines is 1. The molecule has 8 heteroatoms. The van der Waals surface area contributed by atoms with Gasteiger partial charge in [0.05, 0.1) is 19.9 Å². The normalized spacial score (nSPS) is 25.2. The topological polar surface area (TPSA) is 62.8 Å². The average Bonchev–Trinajstić information content (AvgIpc) is 3.13. The molecule has 0 bridgehead atoms. The maximum absolute atomic E-state index is 13.9. The third kappa shape index (κ3) is 4.11. The van der Waals surface area contributed by atoms with Crippen LogP contribution in [0.3, 0.4) is 0 Å². The lowest BCUT2D eigenvalue weighted by atomic mass is 9.65. The van der Waals surface area contributed by atoms with Gasteiger partial charge in [-0.25, -0.2) is 13.6 Å². The predicted octanol–water partition coefficient (Wildman–Crippen LogP) is 4.30. The van der Waals surface area contributed by atoms with E-state index in [1.165, 1.54) is 5.56 Å². The van der Waals surface area contributed by atoms with E-state index in [0.717, 1.165) is 50.4 Å². The Labute approximate surface area is 186 Å². The smallest absolute Gasteiger partial charge is 0.319 e. The van der Waals surface area contributed by atoms with Crippen LogP contribution in [0, 0.1) is 11.6 Å². The van der Waals surface area contributed by atoms with Crippen molar-refractivity contribution in [2.24, 2.45) is 0 Å². The highest BCUT2D eigenvalue weighted by Gasteiger charge is 2.50. The summed E-state index contributed by atoms with van der Waals surface area (Å²) in [5, 5.41) is 5.38. The lowest BCUT2D eigenvalue weighted by Crippen LogP contribution is -2.52. The zero-order valence-corrected chi connectivity index (χ0v) is 18.6. The summed E-state index contributed by atoms with van der Waals surface area (Å²) in [7, 11) is 5.37. The molecule has 0 unspecified atom stereocenters. The molecule has 6 nitrogen and oxygen atoms in total.